The summed E-state index contributed by atoms with van der Waals surface area (Å²) >= 11 is 0. The fourth-order valence-corrected chi connectivity index (χ4v) is 3.13. The van der Waals surface area contributed by atoms with Crippen molar-refractivity contribution in [2.75, 3.05) is 24.7 Å². The van der Waals surface area contributed by atoms with Gasteiger partial charge in [-0.05, 0) is 25.8 Å². The van der Waals surface area contributed by atoms with Crippen LogP contribution in [0.25, 0.3) is 22.8 Å². The maximum Gasteiger partial charge on any atom is 0.574 e. The Morgan fingerprint density at radius 2 is 2.03 bits per heavy atom. The van der Waals surface area contributed by atoms with Crippen LogP contribution in [0.4, 0.5) is 29.7 Å². The molecule has 3 aromatic heterocycles. The van der Waals surface area contributed by atoms with Gasteiger partial charge in [-0.1, -0.05) is 0 Å². The fourth-order valence-electron chi connectivity index (χ4n) is 3.13. The molecule has 4 rings (SSSR count). The average Bonchev–Trinajstić information content (AvgIpc) is 3.57. The number of ether oxygens (including phenoxy) is 2. The van der Waals surface area contributed by atoms with E-state index in [0.717, 1.165) is 12.8 Å². The maximum absolute atomic E-state index is 12.8. The minimum Gasteiger partial charge on any atom is -0.453 e. The monoisotopic (exact) mass is 493 g/mol. The highest BCUT2D eigenvalue weighted by atomic mass is 19.4. The quantitative estimate of drug-likeness (QED) is 0.366. The molecule has 186 valence electrons. The molecule has 5 N–H and O–H groups in total. The summed E-state index contributed by atoms with van der Waals surface area (Å²) in [4.78, 5) is 35.4. The van der Waals surface area contributed by atoms with E-state index in [1.807, 2.05) is 0 Å². The van der Waals surface area contributed by atoms with Crippen LogP contribution >= 0.6 is 0 Å². The van der Waals surface area contributed by atoms with Gasteiger partial charge < -0.3 is 30.8 Å². The van der Waals surface area contributed by atoms with E-state index in [2.05, 4.69) is 50.0 Å². The number of anilines is 2. The largest absolute Gasteiger partial charge is 0.574 e. The Morgan fingerprint density at radius 1 is 1.26 bits per heavy atom. The van der Waals surface area contributed by atoms with E-state index < -0.39 is 24.2 Å². The van der Waals surface area contributed by atoms with Crippen molar-refractivity contribution in [2.24, 2.45) is 0 Å². The van der Waals surface area contributed by atoms with Crippen molar-refractivity contribution in [2.45, 2.75) is 38.1 Å². The van der Waals surface area contributed by atoms with E-state index >= 15 is 0 Å². The highest BCUT2D eigenvalue weighted by molar-refractivity contribution is 5.75. The Labute approximate surface area is 196 Å². The van der Waals surface area contributed by atoms with Gasteiger partial charge in [0.2, 0.25) is 5.95 Å². The van der Waals surface area contributed by atoms with Gasteiger partial charge in [0.15, 0.2) is 5.82 Å². The van der Waals surface area contributed by atoms with Crippen LogP contribution in [0, 0.1) is 0 Å². The molecule has 3 heterocycles. The van der Waals surface area contributed by atoms with Crippen LogP contribution in [-0.2, 0) is 4.74 Å². The predicted molar refractivity (Wildman–Crippen MR) is 117 cm³/mol. The summed E-state index contributed by atoms with van der Waals surface area (Å²) in [6.07, 6.45) is -0.954. The number of carbonyl (C=O) groups excluding carboxylic acids is 1. The summed E-state index contributed by atoms with van der Waals surface area (Å²) in [6.45, 7) is 2.08. The molecule has 15 heteroatoms. The maximum atomic E-state index is 12.8. The predicted octanol–water partition coefficient (Wildman–Crippen LogP) is 2.84. The number of rotatable bonds is 8. The third-order valence-corrected chi connectivity index (χ3v) is 4.94. The lowest BCUT2D eigenvalue weighted by Gasteiger charge is -2.14. The van der Waals surface area contributed by atoms with Gasteiger partial charge >= 0.3 is 12.5 Å². The molecule has 12 nitrogen and oxygen atoms in total. The summed E-state index contributed by atoms with van der Waals surface area (Å²) in [5.41, 5.74) is 6.63. The van der Waals surface area contributed by atoms with Crippen molar-refractivity contribution in [1.29, 1.82) is 0 Å². The van der Waals surface area contributed by atoms with Crippen LogP contribution < -0.4 is 21.1 Å². The number of methoxy groups -OCH3 is 1. The van der Waals surface area contributed by atoms with E-state index in [1.54, 1.807) is 13.0 Å². The molecule has 0 radical (unpaired) electrons. The molecule has 1 saturated carbocycles. The van der Waals surface area contributed by atoms with E-state index in [0.29, 0.717) is 23.8 Å². The molecule has 0 unspecified atom stereocenters. The van der Waals surface area contributed by atoms with Crippen LogP contribution in [0.5, 0.6) is 5.88 Å². The number of aromatic nitrogens is 6. The van der Waals surface area contributed by atoms with Crippen LogP contribution in [0.3, 0.4) is 0 Å². The zero-order chi connectivity index (χ0) is 25.2. The number of aromatic amines is 1. The van der Waals surface area contributed by atoms with E-state index in [1.165, 1.54) is 19.5 Å². The summed E-state index contributed by atoms with van der Waals surface area (Å²) < 4.78 is 46.8. The fraction of sp³-hybridized carbons (Fsp3) is 0.400. The average molecular weight is 493 g/mol. The molecule has 0 bridgehead atoms. The summed E-state index contributed by atoms with van der Waals surface area (Å²) in [5.74, 6) is -0.238. The number of H-pyrrole nitrogens is 1. The molecule has 1 fully saturated rings. The lowest BCUT2D eigenvalue weighted by atomic mass is 10.2. The number of nitrogen functional groups attached to an aromatic ring is 1. The Balaban J connectivity index is 1.64. The highest BCUT2D eigenvalue weighted by Crippen LogP contribution is 2.41. The van der Waals surface area contributed by atoms with E-state index in [-0.39, 0.29) is 29.3 Å². The number of alkyl halides is 3. The molecule has 1 aliphatic carbocycles. The number of hydrogen-bond donors (Lipinski definition) is 4. The van der Waals surface area contributed by atoms with Crippen LogP contribution in [0.15, 0.2) is 18.5 Å². The Bertz CT molecular complexity index is 1210. The number of nitrogens with two attached hydrogens (primary N) is 1. The molecule has 3 aromatic rings. The number of carbonyl (C=O) groups is 1. The third-order valence-electron chi connectivity index (χ3n) is 4.94. The second kappa shape index (κ2) is 9.60. The van der Waals surface area contributed by atoms with Crippen molar-refractivity contribution < 1.29 is 27.4 Å². The lowest BCUT2D eigenvalue weighted by molar-refractivity contribution is -0.275. The van der Waals surface area contributed by atoms with E-state index in [9.17, 15) is 18.0 Å². The first-order valence-electron chi connectivity index (χ1n) is 10.5. The topological polar surface area (TPSA) is 166 Å². The number of imidazole rings is 1. The molecule has 1 aliphatic rings. The number of nitrogens with one attached hydrogen (secondary N) is 3. The molecule has 0 aliphatic heterocycles. The molecular formula is C20H22F3N9O3. The number of amides is 1. The van der Waals surface area contributed by atoms with Gasteiger partial charge in [0.05, 0.1) is 24.7 Å². The first kappa shape index (κ1) is 24.0. The SMILES string of the molecule is COC(=O)N[C@@H](C)CNc1nccc(-c2[nH]c(C3CC3)nc2-c2cnc(N)c(OC(F)(F)F)n2)n1. The zero-order valence-corrected chi connectivity index (χ0v) is 18.7. The third kappa shape index (κ3) is 6.04. The molecule has 0 spiro atoms. The Hall–Kier alpha value is -4.17. The first-order valence-corrected chi connectivity index (χ1v) is 10.5. The second-order valence-electron chi connectivity index (χ2n) is 7.80. The highest BCUT2D eigenvalue weighted by Gasteiger charge is 2.34. The van der Waals surface area contributed by atoms with Gasteiger partial charge in [-0.2, -0.15) is 0 Å². The number of hydrogen-bond acceptors (Lipinski definition) is 10. The summed E-state index contributed by atoms with van der Waals surface area (Å²) in [5, 5.41) is 5.62. The van der Waals surface area contributed by atoms with Gasteiger partial charge in [-0.15, -0.1) is 13.2 Å². The second-order valence-corrected chi connectivity index (χ2v) is 7.80. The smallest absolute Gasteiger partial charge is 0.453 e. The molecule has 1 amide bonds. The van der Waals surface area contributed by atoms with Crippen LogP contribution in [-0.4, -0.2) is 62.1 Å². The molecule has 0 saturated heterocycles. The van der Waals surface area contributed by atoms with Gasteiger partial charge in [0, 0.05) is 24.7 Å². The van der Waals surface area contributed by atoms with Crippen LogP contribution in [0.1, 0.15) is 31.5 Å². The van der Waals surface area contributed by atoms with Gasteiger partial charge in [0.25, 0.3) is 5.88 Å². The summed E-state index contributed by atoms with van der Waals surface area (Å²) in [6, 6.07) is 1.34. The molecular weight excluding hydrogens is 471 g/mol. The van der Waals surface area contributed by atoms with E-state index in [4.69, 9.17) is 5.73 Å². The number of halogens is 3. The van der Waals surface area contributed by atoms with Gasteiger partial charge in [-0.25, -0.2) is 29.7 Å². The summed E-state index contributed by atoms with van der Waals surface area (Å²) in [7, 11) is 1.27. The Morgan fingerprint density at radius 3 is 2.71 bits per heavy atom. The minimum atomic E-state index is -4.98. The molecule has 1 atom stereocenters. The van der Waals surface area contributed by atoms with Crippen molar-refractivity contribution in [1.82, 2.24) is 35.2 Å². The van der Waals surface area contributed by atoms with Crippen molar-refractivity contribution in [3.63, 3.8) is 0 Å². The number of alkyl carbamates (subject to hydrolysis) is 1. The zero-order valence-electron chi connectivity index (χ0n) is 18.7. The van der Waals surface area contributed by atoms with Crippen molar-refractivity contribution >= 4 is 17.9 Å². The Kier molecular flexibility index (Phi) is 6.57. The lowest BCUT2D eigenvalue weighted by Crippen LogP contribution is -2.37. The van der Waals surface area contributed by atoms with Gasteiger partial charge in [0.1, 0.15) is 17.2 Å². The molecule has 35 heavy (non-hydrogen) atoms. The molecule has 0 aromatic carbocycles. The standard InChI is InChI=1S/C20H22F3N9O3/c1-9(28-19(33)34-2)7-27-18-25-6-5-11(30-18)13-14(32-16(31-13)10-3-4-10)12-8-26-15(24)17(29-12)35-20(21,22)23/h5-6,8-10H,3-4,7H2,1-2H3,(H2,24,26)(H,28,33)(H,31,32)(H,25,27,30)/t9-/m0/s1. The normalized spacial score (nSPS) is 14.3. The first-order chi connectivity index (χ1) is 16.6. The van der Waals surface area contributed by atoms with Crippen LogP contribution in [0.2, 0.25) is 0 Å². The van der Waals surface area contributed by atoms with Gasteiger partial charge in [-0.3, -0.25) is 0 Å². The van der Waals surface area contributed by atoms with Crippen molar-refractivity contribution in [3.8, 4) is 28.7 Å². The minimum absolute atomic E-state index is 0.0284. The number of nitrogens with zero attached hydrogens (tertiary/aromatic N) is 5. The van der Waals surface area contributed by atoms with Crippen molar-refractivity contribution in [3.05, 3.63) is 24.3 Å².